The van der Waals surface area contributed by atoms with Crippen molar-refractivity contribution in [3.8, 4) is 5.75 Å². The van der Waals surface area contributed by atoms with E-state index in [1.807, 2.05) is 6.92 Å². The third-order valence-corrected chi connectivity index (χ3v) is 3.74. The Morgan fingerprint density at radius 1 is 1.62 bits per heavy atom. The minimum atomic E-state index is -0.0706. The average Bonchev–Trinajstić information content (AvgIpc) is 2.49. The number of ether oxygens (including phenoxy) is 1. The van der Waals surface area contributed by atoms with Crippen molar-refractivity contribution < 1.29 is 14.7 Å². The Kier molecular flexibility index (Phi) is 4.90. The number of nitrogens with one attached hydrogen (secondary N) is 1. The Labute approximate surface area is 127 Å². The molecule has 1 fully saturated rings. The van der Waals surface area contributed by atoms with Crippen molar-refractivity contribution in [3.63, 3.8) is 0 Å². The summed E-state index contributed by atoms with van der Waals surface area (Å²) in [5, 5.41) is 14.9. The van der Waals surface area contributed by atoms with Crippen LogP contribution in [-0.4, -0.2) is 29.6 Å². The van der Waals surface area contributed by atoms with E-state index in [1.54, 1.807) is 12.1 Å². The number of amides is 1. The lowest BCUT2D eigenvalue weighted by molar-refractivity contribution is -0.123. The molecule has 7 heteroatoms. The van der Waals surface area contributed by atoms with E-state index in [9.17, 15) is 4.79 Å². The van der Waals surface area contributed by atoms with Gasteiger partial charge in [-0.3, -0.25) is 4.79 Å². The van der Waals surface area contributed by atoms with Gasteiger partial charge >= 0.3 is 0 Å². The van der Waals surface area contributed by atoms with E-state index in [2.05, 4.69) is 10.5 Å². The predicted octanol–water partition coefficient (Wildman–Crippen LogP) is 1.65. The van der Waals surface area contributed by atoms with E-state index < -0.39 is 0 Å². The summed E-state index contributed by atoms with van der Waals surface area (Å²) in [5.41, 5.74) is 6.98. The second-order valence-electron chi connectivity index (χ2n) is 4.86. The van der Waals surface area contributed by atoms with E-state index in [1.165, 1.54) is 0 Å². The van der Waals surface area contributed by atoms with Crippen molar-refractivity contribution in [3.05, 3.63) is 28.3 Å². The molecule has 1 atom stereocenters. The highest BCUT2D eigenvalue weighted by atomic mass is 35.5. The highest BCUT2D eigenvalue weighted by molar-refractivity contribution is 6.34. The van der Waals surface area contributed by atoms with Crippen LogP contribution in [0.4, 0.5) is 0 Å². The lowest BCUT2D eigenvalue weighted by Crippen LogP contribution is -2.41. The Morgan fingerprint density at radius 2 is 2.38 bits per heavy atom. The second-order valence-corrected chi connectivity index (χ2v) is 5.27. The van der Waals surface area contributed by atoms with Gasteiger partial charge in [0.2, 0.25) is 5.91 Å². The molecule has 0 aliphatic carbocycles. The Hall–Kier alpha value is -1.95. The normalized spacial score (nSPS) is 19.2. The number of oxime groups is 1. The van der Waals surface area contributed by atoms with Gasteiger partial charge in [-0.05, 0) is 30.5 Å². The zero-order chi connectivity index (χ0) is 15.4. The van der Waals surface area contributed by atoms with Crippen LogP contribution in [-0.2, 0) is 11.2 Å². The molecular weight excluding hydrogens is 294 g/mol. The van der Waals surface area contributed by atoms with Gasteiger partial charge in [0, 0.05) is 12.0 Å². The maximum atomic E-state index is 11.2. The minimum absolute atomic E-state index is 0.0359. The van der Waals surface area contributed by atoms with Crippen molar-refractivity contribution in [1.29, 1.82) is 0 Å². The fraction of sp³-hybridized carbons (Fsp3) is 0.429. The summed E-state index contributed by atoms with van der Waals surface area (Å²) < 4.78 is 5.93. The number of amidine groups is 1. The number of benzene rings is 1. The molecule has 1 aliphatic heterocycles. The van der Waals surface area contributed by atoms with Crippen LogP contribution in [0.25, 0.3) is 0 Å². The molecule has 1 amide bonds. The van der Waals surface area contributed by atoms with Crippen LogP contribution in [0.15, 0.2) is 17.3 Å². The molecule has 1 aliphatic rings. The van der Waals surface area contributed by atoms with Gasteiger partial charge in [0.15, 0.2) is 5.84 Å². The molecule has 1 saturated heterocycles. The molecule has 0 aromatic heterocycles. The van der Waals surface area contributed by atoms with Crippen LogP contribution < -0.4 is 15.8 Å². The van der Waals surface area contributed by atoms with E-state index in [0.29, 0.717) is 35.7 Å². The molecule has 0 bridgehead atoms. The Balaban J connectivity index is 2.23. The minimum Gasteiger partial charge on any atom is -0.488 e. The fourth-order valence-electron chi connectivity index (χ4n) is 2.23. The van der Waals surface area contributed by atoms with Gasteiger partial charge in [-0.1, -0.05) is 23.7 Å². The van der Waals surface area contributed by atoms with E-state index >= 15 is 0 Å². The number of hydrogen-bond acceptors (Lipinski definition) is 4. The third-order valence-electron chi connectivity index (χ3n) is 3.43. The predicted molar refractivity (Wildman–Crippen MR) is 80.0 cm³/mol. The molecule has 114 valence electrons. The van der Waals surface area contributed by atoms with Crippen molar-refractivity contribution in [1.82, 2.24) is 5.32 Å². The van der Waals surface area contributed by atoms with Crippen molar-refractivity contribution in [2.24, 2.45) is 10.9 Å². The van der Waals surface area contributed by atoms with Gasteiger partial charge in [-0.15, -0.1) is 0 Å². The van der Waals surface area contributed by atoms with Crippen molar-refractivity contribution in [2.75, 3.05) is 6.54 Å². The van der Waals surface area contributed by atoms with Crippen LogP contribution in [0.5, 0.6) is 5.75 Å². The third kappa shape index (κ3) is 3.58. The van der Waals surface area contributed by atoms with Crippen LogP contribution in [0.3, 0.4) is 0 Å². The number of nitrogens with two attached hydrogens (primary N) is 1. The van der Waals surface area contributed by atoms with Gasteiger partial charge in [0.25, 0.3) is 0 Å². The first-order valence-corrected chi connectivity index (χ1v) is 7.16. The van der Waals surface area contributed by atoms with Crippen molar-refractivity contribution >= 4 is 23.3 Å². The molecule has 2 rings (SSSR count). The maximum absolute atomic E-state index is 11.2. The summed E-state index contributed by atoms with van der Waals surface area (Å²) in [7, 11) is 0. The molecule has 1 aromatic carbocycles. The number of rotatable bonds is 4. The smallest absolute Gasteiger partial charge is 0.220 e. The van der Waals surface area contributed by atoms with Gasteiger partial charge < -0.3 is 21.0 Å². The molecular formula is C14H18ClN3O3. The number of piperidine rings is 1. The first-order valence-electron chi connectivity index (χ1n) is 6.78. The molecule has 1 heterocycles. The zero-order valence-corrected chi connectivity index (χ0v) is 12.5. The standard InChI is InChI=1S/C14H18ClN3O3/c1-2-8-5-10(14(16)18-20)11(15)6-12(8)21-9-3-4-13(19)17-7-9/h5-6,9,20H,2-4,7H2,1H3,(H2,16,18)(H,17,19). The highest BCUT2D eigenvalue weighted by Gasteiger charge is 2.21. The number of carbonyl (C=O) groups excluding carboxylic acids is 1. The van der Waals surface area contributed by atoms with Crippen LogP contribution >= 0.6 is 11.6 Å². The second kappa shape index (κ2) is 6.67. The SMILES string of the molecule is CCc1cc(/C(N)=N/O)c(Cl)cc1OC1CCC(=O)NC1. The van der Waals surface area contributed by atoms with E-state index in [-0.39, 0.29) is 17.8 Å². The monoisotopic (exact) mass is 311 g/mol. The summed E-state index contributed by atoms with van der Waals surface area (Å²) in [6, 6.07) is 3.43. The quantitative estimate of drug-likeness (QED) is 0.341. The zero-order valence-electron chi connectivity index (χ0n) is 11.7. The average molecular weight is 312 g/mol. The highest BCUT2D eigenvalue weighted by Crippen LogP contribution is 2.29. The van der Waals surface area contributed by atoms with E-state index in [0.717, 1.165) is 12.0 Å². The summed E-state index contributed by atoms with van der Waals surface area (Å²) in [4.78, 5) is 11.2. The topological polar surface area (TPSA) is 96.9 Å². The number of halogens is 1. The number of nitrogens with zero attached hydrogens (tertiary/aromatic N) is 1. The largest absolute Gasteiger partial charge is 0.488 e. The fourth-order valence-corrected chi connectivity index (χ4v) is 2.48. The van der Waals surface area contributed by atoms with Gasteiger partial charge in [0.1, 0.15) is 11.9 Å². The summed E-state index contributed by atoms with van der Waals surface area (Å²) >= 11 is 6.15. The Morgan fingerprint density at radius 3 is 2.95 bits per heavy atom. The molecule has 21 heavy (non-hydrogen) atoms. The summed E-state index contributed by atoms with van der Waals surface area (Å²) in [6.45, 7) is 2.47. The van der Waals surface area contributed by atoms with E-state index in [4.69, 9.17) is 27.3 Å². The van der Waals surface area contributed by atoms with Gasteiger partial charge in [-0.2, -0.15) is 0 Å². The first-order chi connectivity index (χ1) is 10.0. The maximum Gasteiger partial charge on any atom is 0.220 e. The lowest BCUT2D eigenvalue weighted by Gasteiger charge is -2.25. The molecule has 0 spiro atoms. The summed E-state index contributed by atoms with van der Waals surface area (Å²) in [6.07, 6.45) is 1.78. The molecule has 4 N–H and O–H groups in total. The van der Waals surface area contributed by atoms with Crippen LogP contribution in [0.1, 0.15) is 30.9 Å². The lowest BCUT2D eigenvalue weighted by atomic mass is 10.1. The summed E-state index contributed by atoms with van der Waals surface area (Å²) in [5.74, 6) is 0.676. The number of hydrogen-bond donors (Lipinski definition) is 3. The Bertz CT molecular complexity index is 565. The molecule has 1 aromatic rings. The number of carbonyl (C=O) groups is 1. The molecule has 1 unspecified atom stereocenters. The van der Waals surface area contributed by atoms with Crippen LogP contribution in [0, 0.1) is 0 Å². The number of aryl methyl sites for hydroxylation is 1. The van der Waals surface area contributed by atoms with Crippen LogP contribution in [0.2, 0.25) is 5.02 Å². The van der Waals surface area contributed by atoms with Gasteiger partial charge in [-0.25, -0.2) is 0 Å². The van der Waals surface area contributed by atoms with Crippen molar-refractivity contribution in [2.45, 2.75) is 32.3 Å². The first kappa shape index (κ1) is 15.4. The molecule has 0 saturated carbocycles. The van der Waals surface area contributed by atoms with Gasteiger partial charge in [0.05, 0.1) is 11.6 Å². The molecule has 0 radical (unpaired) electrons. The molecule has 6 nitrogen and oxygen atoms in total.